The molecular formula is C13H8ClF4N. The van der Waals surface area contributed by atoms with Crippen molar-refractivity contribution in [2.24, 2.45) is 5.73 Å². The maximum Gasteiger partial charge on any atom is 0.194 e. The molecule has 6 heteroatoms. The monoisotopic (exact) mass is 289 g/mol. The van der Waals surface area contributed by atoms with E-state index in [0.717, 1.165) is 24.3 Å². The summed E-state index contributed by atoms with van der Waals surface area (Å²) in [6.07, 6.45) is 0. The molecule has 1 nitrogen and oxygen atoms in total. The molecule has 2 aromatic rings. The Morgan fingerprint density at radius 1 is 0.895 bits per heavy atom. The molecule has 2 rings (SSSR count). The van der Waals surface area contributed by atoms with Crippen molar-refractivity contribution in [3.05, 3.63) is 69.8 Å². The fourth-order valence-corrected chi connectivity index (χ4v) is 1.94. The SMILES string of the molecule is NC(c1cc(F)ccc1Cl)c1ccc(F)c(F)c1F. The first-order chi connectivity index (χ1) is 8.91. The highest BCUT2D eigenvalue weighted by molar-refractivity contribution is 6.31. The standard InChI is InChI=1S/C13H8ClF4N/c14-9-3-1-6(15)5-8(9)13(19)7-2-4-10(16)12(18)11(7)17/h1-5,13H,19H2. The second-order valence-electron chi connectivity index (χ2n) is 3.91. The van der Waals surface area contributed by atoms with Gasteiger partial charge in [-0.25, -0.2) is 17.6 Å². The van der Waals surface area contributed by atoms with E-state index in [4.69, 9.17) is 17.3 Å². The molecule has 0 aromatic heterocycles. The van der Waals surface area contributed by atoms with Crippen LogP contribution in [-0.4, -0.2) is 0 Å². The molecule has 0 aliphatic carbocycles. The molecule has 2 aromatic carbocycles. The van der Waals surface area contributed by atoms with Crippen LogP contribution in [0.2, 0.25) is 5.02 Å². The first kappa shape index (κ1) is 13.8. The molecule has 0 bridgehead atoms. The van der Waals surface area contributed by atoms with Gasteiger partial charge in [0.25, 0.3) is 0 Å². The highest BCUT2D eigenvalue weighted by atomic mass is 35.5. The predicted molar refractivity (Wildman–Crippen MR) is 63.8 cm³/mol. The van der Waals surface area contributed by atoms with Crippen LogP contribution in [0.3, 0.4) is 0 Å². The summed E-state index contributed by atoms with van der Waals surface area (Å²) < 4.78 is 52.7. The average molecular weight is 290 g/mol. The number of hydrogen-bond donors (Lipinski definition) is 1. The number of rotatable bonds is 2. The van der Waals surface area contributed by atoms with E-state index >= 15 is 0 Å². The van der Waals surface area contributed by atoms with Gasteiger partial charge in [-0.15, -0.1) is 0 Å². The minimum absolute atomic E-state index is 0.0894. The van der Waals surface area contributed by atoms with Crippen molar-refractivity contribution in [2.75, 3.05) is 0 Å². The van der Waals surface area contributed by atoms with E-state index in [1.807, 2.05) is 0 Å². The molecule has 1 unspecified atom stereocenters. The fraction of sp³-hybridized carbons (Fsp3) is 0.0769. The van der Waals surface area contributed by atoms with Crippen molar-refractivity contribution in [3.63, 3.8) is 0 Å². The zero-order valence-corrected chi connectivity index (χ0v) is 10.2. The van der Waals surface area contributed by atoms with Gasteiger partial charge in [-0.3, -0.25) is 0 Å². The highest BCUT2D eigenvalue weighted by Crippen LogP contribution is 2.29. The summed E-state index contributed by atoms with van der Waals surface area (Å²) >= 11 is 5.83. The van der Waals surface area contributed by atoms with Crippen LogP contribution in [0.25, 0.3) is 0 Å². The van der Waals surface area contributed by atoms with Gasteiger partial charge in [-0.2, -0.15) is 0 Å². The van der Waals surface area contributed by atoms with Gasteiger partial charge < -0.3 is 5.73 Å². The summed E-state index contributed by atoms with van der Waals surface area (Å²) in [5, 5.41) is 0.109. The zero-order valence-electron chi connectivity index (χ0n) is 9.43. The van der Waals surface area contributed by atoms with Crippen molar-refractivity contribution in [3.8, 4) is 0 Å². The smallest absolute Gasteiger partial charge is 0.194 e. The normalized spacial score (nSPS) is 12.5. The Morgan fingerprint density at radius 2 is 1.58 bits per heavy atom. The second kappa shape index (κ2) is 5.19. The van der Waals surface area contributed by atoms with Gasteiger partial charge in [0.05, 0.1) is 6.04 Å². The largest absolute Gasteiger partial charge is 0.320 e. The molecule has 100 valence electrons. The molecule has 0 saturated heterocycles. The molecule has 0 aliphatic rings. The number of nitrogens with two attached hydrogens (primary N) is 1. The van der Waals surface area contributed by atoms with Crippen LogP contribution in [0, 0.1) is 23.3 Å². The lowest BCUT2D eigenvalue weighted by molar-refractivity contribution is 0.438. The van der Waals surface area contributed by atoms with Gasteiger partial charge in [0.2, 0.25) is 0 Å². The third-order valence-electron chi connectivity index (χ3n) is 2.69. The topological polar surface area (TPSA) is 26.0 Å². The van der Waals surface area contributed by atoms with Gasteiger partial charge in [-0.05, 0) is 29.8 Å². The van der Waals surface area contributed by atoms with Crippen LogP contribution in [0.5, 0.6) is 0 Å². The summed E-state index contributed by atoms with van der Waals surface area (Å²) in [4.78, 5) is 0. The van der Waals surface area contributed by atoms with Crippen LogP contribution >= 0.6 is 11.6 Å². The van der Waals surface area contributed by atoms with Crippen molar-refractivity contribution in [1.29, 1.82) is 0 Å². The summed E-state index contributed by atoms with van der Waals surface area (Å²) in [5.41, 5.74) is 5.52. The van der Waals surface area contributed by atoms with Gasteiger partial charge >= 0.3 is 0 Å². The van der Waals surface area contributed by atoms with Gasteiger partial charge in [0.1, 0.15) is 5.82 Å². The fourth-order valence-electron chi connectivity index (χ4n) is 1.70. The van der Waals surface area contributed by atoms with Crippen molar-refractivity contribution in [2.45, 2.75) is 6.04 Å². The minimum Gasteiger partial charge on any atom is -0.320 e. The Labute approximate surface area is 111 Å². The summed E-state index contributed by atoms with van der Waals surface area (Å²) in [5.74, 6) is -4.97. The molecule has 0 spiro atoms. The Bertz CT molecular complexity index is 630. The lowest BCUT2D eigenvalue weighted by atomic mass is 9.98. The summed E-state index contributed by atoms with van der Waals surface area (Å²) in [6, 6.07) is 3.94. The molecule has 0 fully saturated rings. The third-order valence-corrected chi connectivity index (χ3v) is 3.04. The van der Waals surface area contributed by atoms with Crippen LogP contribution < -0.4 is 5.73 Å². The maximum atomic E-state index is 13.6. The van der Waals surface area contributed by atoms with E-state index in [2.05, 4.69) is 0 Å². The van der Waals surface area contributed by atoms with Gasteiger partial charge in [0, 0.05) is 10.6 Å². The number of benzene rings is 2. The van der Waals surface area contributed by atoms with E-state index in [-0.39, 0.29) is 16.1 Å². The first-order valence-corrected chi connectivity index (χ1v) is 5.63. The quantitative estimate of drug-likeness (QED) is 0.657. The predicted octanol–water partition coefficient (Wildman–Crippen LogP) is 3.94. The van der Waals surface area contributed by atoms with E-state index in [1.165, 1.54) is 6.07 Å². The third kappa shape index (κ3) is 2.57. The average Bonchev–Trinajstić information content (AvgIpc) is 2.38. The second-order valence-corrected chi connectivity index (χ2v) is 4.32. The molecule has 2 N–H and O–H groups in total. The Balaban J connectivity index is 2.53. The number of halogens is 5. The number of hydrogen-bond acceptors (Lipinski definition) is 1. The maximum absolute atomic E-state index is 13.6. The van der Waals surface area contributed by atoms with Crippen molar-refractivity contribution < 1.29 is 17.6 Å². The van der Waals surface area contributed by atoms with E-state index < -0.39 is 29.3 Å². The van der Waals surface area contributed by atoms with Gasteiger partial charge in [0.15, 0.2) is 17.5 Å². The molecule has 0 saturated carbocycles. The lowest BCUT2D eigenvalue weighted by Crippen LogP contribution is -2.15. The summed E-state index contributed by atoms with van der Waals surface area (Å²) in [6.45, 7) is 0. The molecule has 0 radical (unpaired) electrons. The molecule has 19 heavy (non-hydrogen) atoms. The van der Waals surface area contributed by atoms with E-state index in [9.17, 15) is 17.6 Å². The molecule has 0 aliphatic heterocycles. The Hall–Kier alpha value is -1.59. The Kier molecular flexibility index (Phi) is 3.78. The van der Waals surface area contributed by atoms with Gasteiger partial charge in [-0.1, -0.05) is 17.7 Å². The zero-order chi connectivity index (χ0) is 14.2. The molecule has 1 atom stereocenters. The van der Waals surface area contributed by atoms with Crippen molar-refractivity contribution in [1.82, 2.24) is 0 Å². The van der Waals surface area contributed by atoms with Crippen LogP contribution in [0.15, 0.2) is 30.3 Å². The Morgan fingerprint density at radius 3 is 2.26 bits per heavy atom. The van der Waals surface area contributed by atoms with Crippen molar-refractivity contribution >= 4 is 11.6 Å². The minimum atomic E-state index is -1.62. The highest BCUT2D eigenvalue weighted by Gasteiger charge is 2.21. The molecule has 0 amide bonds. The molecule has 0 heterocycles. The first-order valence-electron chi connectivity index (χ1n) is 5.25. The van der Waals surface area contributed by atoms with Crippen LogP contribution in [-0.2, 0) is 0 Å². The van der Waals surface area contributed by atoms with E-state index in [0.29, 0.717) is 0 Å². The van der Waals surface area contributed by atoms with E-state index in [1.54, 1.807) is 0 Å². The summed E-state index contributed by atoms with van der Waals surface area (Å²) in [7, 11) is 0. The van der Waals surface area contributed by atoms with Crippen LogP contribution in [0.1, 0.15) is 17.2 Å². The molecular weight excluding hydrogens is 282 g/mol. The van der Waals surface area contributed by atoms with Crippen LogP contribution in [0.4, 0.5) is 17.6 Å². The lowest BCUT2D eigenvalue weighted by Gasteiger charge is -2.15.